The van der Waals surface area contributed by atoms with Gasteiger partial charge in [0.05, 0.1) is 31.1 Å². The molecule has 9 heteroatoms. The number of sulfone groups is 1. The van der Waals surface area contributed by atoms with Crippen LogP contribution in [0.2, 0.25) is 0 Å². The Kier molecular flexibility index (Phi) is 5.12. The van der Waals surface area contributed by atoms with Gasteiger partial charge in [-0.15, -0.1) is 0 Å². The molecule has 3 heterocycles. The average molecular weight is 384 g/mol. The Morgan fingerprint density at radius 2 is 2.15 bits per heavy atom. The fourth-order valence-corrected chi connectivity index (χ4v) is 6.13. The highest BCUT2D eigenvalue weighted by molar-refractivity contribution is 7.93. The number of hydrogen-bond donors (Lipinski definition) is 0. The molecule has 1 unspecified atom stereocenters. The molecule has 2 aliphatic rings. The summed E-state index contributed by atoms with van der Waals surface area (Å²) in [4.78, 5) is 27.8. The number of rotatable bonds is 6. The van der Waals surface area contributed by atoms with E-state index in [4.69, 9.17) is 9.15 Å². The number of furan rings is 1. The minimum Gasteiger partial charge on any atom is -0.467 e. The Labute approximate surface area is 153 Å². The zero-order chi connectivity index (χ0) is 18.9. The smallest absolute Gasteiger partial charge is 0.227 e. The number of methoxy groups -OCH3 is 1. The number of carbonyl (C=O) groups excluding carboxylic acids is 2. The van der Waals surface area contributed by atoms with E-state index in [1.807, 2.05) is 0 Å². The summed E-state index contributed by atoms with van der Waals surface area (Å²) in [6.07, 6.45) is 1.82. The van der Waals surface area contributed by atoms with Crippen LogP contribution in [-0.4, -0.2) is 73.9 Å². The van der Waals surface area contributed by atoms with Gasteiger partial charge in [0.25, 0.3) is 0 Å². The molecular weight excluding hydrogens is 360 g/mol. The Bertz CT molecular complexity index is 767. The summed E-state index contributed by atoms with van der Waals surface area (Å²) in [5.41, 5.74) is 0. The van der Waals surface area contributed by atoms with E-state index in [2.05, 4.69) is 0 Å². The van der Waals surface area contributed by atoms with Crippen molar-refractivity contribution >= 4 is 21.7 Å². The van der Waals surface area contributed by atoms with Crippen LogP contribution in [0.3, 0.4) is 0 Å². The molecule has 0 N–H and O–H groups in total. The lowest BCUT2D eigenvalue weighted by Gasteiger charge is -2.49. The highest BCUT2D eigenvalue weighted by atomic mass is 32.2. The van der Waals surface area contributed by atoms with E-state index in [1.54, 1.807) is 24.1 Å². The number of carbonyl (C=O) groups is 2. The predicted molar refractivity (Wildman–Crippen MR) is 92.9 cm³/mol. The largest absolute Gasteiger partial charge is 0.467 e. The van der Waals surface area contributed by atoms with E-state index in [-0.39, 0.29) is 43.6 Å². The first kappa shape index (κ1) is 18.9. The number of hydrogen-bond acceptors (Lipinski definition) is 6. The van der Waals surface area contributed by atoms with Gasteiger partial charge in [-0.2, -0.15) is 0 Å². The molecular formula is C17H24N2O6S. The molecule has 2 amide bonds. The van der Waals surface area contributed by atoms with Gasteiger partial charge in [0.15, 0.2) is 9.84 Å². The van der Waals surface area contributed by atoms with E-state index in [1.165, 1.54) is 18.1 Å². The van der Waals surface area contributed by atoms with E-state index in [0.29, 0.717) is 18.9 Å². The molecule has 0 saturated carbocycles. The first-order chi connectivity index (χ1) is 12.3. The van der Waals surface area contributed by atoms with Crippen LogP contribution in [0.25, 0.3) is 0 Å². The van der Waals surface area contributed by atoms with E-state index in [9.17, 15) is 18.0 Å². The third-order valence-electron chi connectivity index (χ3n) is 5.39. The number of ether oxygens (including phenoxy) is 1. The van der Waals surface area contributed by atoms with Crippen molar-refractivity contribution in [2.75, 3.05) is 39.1 Å². The molecule has 2 aliphatic heterocycles. The fourth-order valence-electron chi connectivity index (χ4n) is 3.82. The second-order valence-corrected chi connectivity index (χ2v) is 9.38. The van der Waals surface area contributed by atoms with Crippen molar-refractivity contribution < 1.29 is 27.2 Å². The van der Waals surface area contributed by atoms with Crippen molar-refractivity contribution in [2.24, 2.45) is 5.92 Å². The Morgan fingerprint density at radius 1 is 1.42 bits per heavy atom. The molecule has 0 radical (unpaired) electrons. The molecule has 1 aromatic rings. The van der Waals surface area contributed by atoms with Crippen molar-refractivity contribution in [3.63, 3.8) is 0 Å². The van der Waals surface area contributed by atoms with Gasteiger partial charge in [0.2, 0.25) is 11.8 Å². The summed E-state index contributed by atoms with van der Waals surface area (Å²) >= 11 is 0. The van der Waals surface area contributed by atoms with E-state index < -0.39 is 20.5 Å². The minimum absolute atomic E-state index is 0.0198. The van der Waals surface area contributed by atoms with Crippen LogP contribution in [0.1, 0.15) is 19.1 Å². The van der Waals surface area contributed by atoms with Crippen molar-refractivity contribution in [3.8, 4) is 0 Å². The molecule has 0 aliphatic carbocycles. The normalized spacial score (nSPS) is 23.0. The maximum Gasteiger partial charge on any atom is 0.227 e. The molecule has 1 atom stereocenters. The van der Waals surface area contributed by atoms with Crippen molar-refractivity contribution in [1.29, 1.82) is 0 Å². The topological polar surface area (TPSA) is 97.1 Å². The Balaban J connectivity index is 1.82. The molecule has 144 valence electrons. The van der Waals surface area contributed by atoms with E-state index >= 15 is 0 Å². The van der Waals surface area contributed by atoms with Crippen LogP contribution in [0.4, 0.5) is 0 Å². The van der Waals surface area contributed by atoms with Gasteiger partial charge in [-0.05, 0) is 18.6 Å². The predicted octanol–water partition coefficient (Wildman–Crippen LogP) is 0.290. The molecule has 0 aromatic carbocycles. The number of nitrogens with zero attached hydrogens (tertiary/aromatic N) is 2. The first-order valence-electron chi connectivity index (χ1n) is 8.58. The number of likely N-dealkylation sites (tertiary alicyclic amines) is 1. The van der Waals surface area contributed by atoms with Crippen molar-refractivity contribution in [2.45, 2.75) is 24.6 Å². The Hall–Kier alpha value is -1.87. The van der Waals surface area contributed by atoms with E-state index in [0.717, 1.165) is 0 Å². The van der Waals surface area contributed by atoms with Gasteiger partial charge >= 0.3 is 0 Å². The van der Waals surface area contributed by atoms with Crippen LogP contribution >= 0.6 is 0 Å². The third kappa shape index (κ3) is 3.14. The summed E-state index contributed by atoms with van der Waals surface area (Å²) in [6, 6.07) is 3.52. The van der Waals surface area contributed by atoms with Gasteiger partial charge in [-0.3, -0.25) is 9.59 Å². The first-order valence-corrected chi connectivity index (χ1v) is 10.2. The zero-order valence-corrected chi connectivity index (χ0v) is 15.8. The lowest BCUT2D eigenvalue weighted by Crippen LogP contribution is -2.69. The van der Waals surface area contributed by atoms with Gasteiger partial charge in [-0.1, -0.05) is 0 Å². The summed E-state index contributed by atoms with van der Waals surface area (Å²) in [7, 11) is -1.87. The maximum atomic E-state index is 13.2. The molecule has 1 spiro atoms. The molecule has 26 heavy (non-hydrogen) atoms. The van der Waals surface area contributed by atoms with Crippen LogP contribution < -0.4 is 0 Å². The summed E-state index contributed by atoms with van der Waals surface area (Å²) in [6.45, 7) is 2.56. The summed E-state index contributed by atoms with van der Waals surface area (Å²) < 4.78 is 34.6. The van der Waals surface area contributed by atoms with Gasteiger partial charge in [0, 0.05) is 33.7 Å². The summed E-state index contributed by atoms with van der Waals surface area (Å²) in [5, 5.41) is 0. The van der Waals surface area contributed by atoms with Crippen molar-refractivity contribution in [3.05, 3.63) is 24.2 Å². The maximum absolute atomic E-state index is 13.2. The highest BCUT2D eigenvalue weighted by Crippen LogP contribution is 2.45. The SMILES string of the molecule is COCCN(Cc1ccco1)C(=O)C1CCS(=O)(=O)C12CN(C(C)=O)C2. The zero-order valence-electron chi connectivity index (χ0n) is 15.0. The minimum atomic E-state index is -3.42. The highest BCUT2D eigenvalue weighted by Gasteiger charge is 2.64. The van der Waals surface area contributed by atoms with Crippen LogP contribution in [-0.2, 0) is 30.7 Å². The second kappa shape index (κ2) is 7.03. The molecule has 3 rings (SSSR count). The van der Waals surface area contributed by atoms with Gasteiger partial charge in [0.1, 0.15) is 10.5 Å². The number of amides is 2. The average Bonchev–Trinajstić information content (AvgIpc) is 3.13. The van der Waals surface area contributed by atoms with Crippen LogP contribution in [0, 0.1) is 5.92 Å². The van der Waals surface area contributed by atoms with Gasteiger partial charge in [-0.25, -0.2) is 8.42 Å². The quantitative estimate of drug-likeness (QED) is 0.699. The lowest BCUT2D eigenvalue weighted by molar-refractivity contribution is -0.144. The second-order valence-electron chi connectivity index (χ2n) is 6.93. The fraction of sp³-hybridized carbons (Fsp3) is 0.647. The van der Waals surface area contributed by atoms with Crippen LogP contribution in [0.5, 0.6) is 0 Å². The van der Waals surface area contributed by atoms with Crippen LogP contribution in [0.15, 0.2) is 22.8 Å². The van der Waals surface area contributed by atoms with Gasteiger partial charge < -0.3 is 19.0 Å². The lowest BCUT2D eigenvalue weighted by atomic mass is 9.82. The molecule has 1 aromatic heterocycles. The monoisotopic (exact) mass is 384 g/mol. The molecule has 0 bridgehead atoms. The molecule has 2 fully saturated rings. The van der Waals surface area contributed by atoms with Crippen molar-refractivity contribution in [1.82, 2.24) is 9.80 Å². The third-order valence-corrected chi connectivity index (χ3v) is 7.95. The summed E-state index contributed by atoms with van der Waals surface area (Å²) in [5.74, 6) is -0.426. The molecule has 8 nitrogen and oxygen atoms in total. The molecule has 2 saturated heterocycles. The standard InChI is InChI=1S/C17H24N2O6S/c1-13(20)19-11-17(12-19)15(5-9-26(17,22)23)16(21)18(6-8-24-2)10-14-4-3-7-25-14/h3-4,7,15H,5-6,8-12H2,1-2H3. The Morgan fingerprint density at radius 3 is 2.73 bits per heavy atom.